The average molecular weight is 559 g/mol. The van der Waals surface area contributed by atoms with E-state index in [0.717, 1.165) is 66.7 Å². The number of nitrogens with zero attached hydrogens (tertiary/aromatic N) is 1. The second-order valence-corrected chi connectivity index (χ2v) is 12.7. The Morgan fingerprint density at radius 1 is 0.829 bits per heavy atom. The maximum absolute atomic E-state index is 13.9. The molecule has 0 saturated heterocycles. The third-order valence-corrected chi connectivity index (χ3v) is 9.95. The summed E-state index contributed by atoms with van der Waals surface area (Å²) in [5.41, 5.74) is 3.55. The number of anilines is 1. The highest BCUT2D eigenvalue weighted by Crippen LogP contribution is 2.60. The Kier molecular flexibility index (Phi) is 6.25. The normalized spacial score (nSPS) is 26.5. The van der Waals surface area contributed by atoms with Crippen molar-refractivity contribution in [2.45, 2.75) is 57.7 Å². The molecule has 3 aromatic carbocycles. The number of nitrogens with one attached hydrogen (secondary N) is 1. The minimum absolute atomic E-state index is 0.138. The molecule has 4 bridgehead atoms. The van der Waals surface area contributed by atoms with Crippen LogP contribution in [0, 0.1) is 23.2 Å². The van der Waals surface area contributed by atoms with Crippen LogP contribution in [0.2, 0.25) is 0 Å². The molecule has 1 aliphatic heterocycles. The highest BCUT2D eigenvalue weighted by Gasteiger charge is 2.55. The van der Waals surface area contributed by atoms with Crippen LogP contribution in [0.3, 0.4) is 0 Å². The van der Waals surface area contributed by atoms with Gasteiger partial charge in [-0.05, 0) is 115 Å². The van der Waals surface area contributed by atoms with Gasteiger partial charge in [0.15, 0.2) is 0 Å². The molecule has 1 N–H and O–H groups in total. The summed E-state index contributed by atoms with van der Waals surface area (Å²) in [4.78, 5) is 29.2. The van der Waals surface area contributed by atoms with E-state index in [4.69, 9.17) is 0 Å². The first kappa shape index (κ1) is 26.3. The number of alkyl halides is 3. The van der Waals surface area contributed by atoms with E-state index in [1.807, 2.05) is 18.2 Å². The number of hydrogen-bond donors (Lipinski definition) is 1. The molecule has 1 heterocycles. The van der Waals surface area contributed by atoms with Crippen LogP contribution in [0.5, 0.6) is 0 Å². The lowest BCUT2D eigenvalue weighted by atomic mass is 9.49. The molecule has 0 spiro atoms. The Morgan fingerprint density at radius 3 is 2.15 bits per heavy atom. The van der Waals surface area contributed by atoms with E-state index in [-0.39, 0.29) is 11.3 Å². The Bertz CT molecular complexity index is 1480. The maximum Gasteiger partial charge on any atom is 0.416 e. The molecular formula is C34H33F3N2O2. The van der Waals surface area contributed by atoms with Gasteiger partial charge in [-0.25, -0.2) is 0 Å². The summed E-state index contributed by atoms with van der Waals surface area (Å²) in [6, 6.07) is 17.6. The third kappa shape index (κ3) is 4.83. The number of fused-ring (bicyclic) bond motifs is 1. The molecule has 8 rings (SSSR count). The second kappa shape index (κ2) is 9.74. The monoisotopic (exact) mass is 558 g/mol. The largest absolute Gasteiger partial charge is 0.416 e. The Morgan fingerprint density at radius 2 is 1.49 bits per heavy atom. The highest BCUT2D eigenvalue weighted by molar-refractivity contribution is 6.08. The SMILES string of the molecule is O=C(Nc1ccc2c(c1)CCN(C(=O)C13CC4CC(CC(C4)C1)C3)C2)c1ccccc1-c1ccc(C(F)(F)F)cc1. The van der Waals surface area contributed by atoms with Crippen LogP contribution in [0.15, 0.2) is 66.7 Å². The fraction of sp³-hybridized carbons (Fsp3) is 0.412. The smallest absolute Gasteiger partial charge is 0.338 e. The zero-order valence-electron chi connectivity index (χ0n) is 22.8. The molecule has 2 amide bonds. The summed E-state index contributed by atoms with van der Waals surface area (Å²) >= 11 is 0. The van der Waals surface area contributed by atoms with E-state index >= 15 is 0 Å². The van der Waals surface area contributed by atoms with Crippen molar-refractivity contribution >= 4 is 17.5 Å². The van der Waals surface area contributed by atoms with Crippen molar-refractivity contribution < 1.29 is 22.8 Å². The van der Waals surface area contributed by atoms with Gasteiger partial charge in [0.2, 0.25) is 5.91 Å². The molecule has 3 aromatic rings. The van der Waals surface area contributed by atoms with Gasteiger partial charge < -0.3 is 10.2 Å². The fourth-order valence-electron chi connectivity index (χ4n) is 8.48. The van der Waals surface area contributed by atoms with Crippen molar-refractivity contribution in [1.29, 1.82) is 0 Å². The molecule has 0 aromatic heterocycles. The van der Waals surface area contributed by atoms with Gasteiger partial charge in [-0.1, -0.05) is 36.4 Å². The van der Waals surface area contributed by atoms with Crippen molar-refractivity contribution in [2.75, 3.05) is 11.9 Å². The van der Waals surface area contributed by atoms with E-state index in [1.54, 1.807) is 24.3 Å². The molecule has 4 aliphatic carbocycles. The Balaban J connectivity index is 1.05. The van der Waals surface area contributed by atoms with Crippen molar-refractivity contribution in [3.8, 4) is 11.1 Å². The Hall–Kier alpha value is -3.61. The first-order valence-corrected chi connectivity index (χ1v) is 14.7. The third-order valence-electron chi connectivity index (χ3n) is 9.95. The zero-order valence-corrected chi connectivity index (χ0v) is 22.8. The molecule has 7 heteroatoms. The second-order valence-electron chi connectivity index (χ2n) is 12.7. The molecular weight excluding hydrogens is 525 g/mol. The minimum atomic E-state index is -4.42. The van der Waals surface area contributed by atoms with E-state index in [9.17, 15) is 22.8 Å². The minimum Gasteiger partial charge on any atom is -0.338 e. The van der Waals surface area contributed by atoms with Gasteiger partial charge in [0, 0.05) is 24.3 Å². The molecule has 4 saturated carbocycles. The van der Waals surface area contributed by atoms with Gasteiger partial charge in [-0.15, -0.1) is 0 Å². The summed E-state index contributed by atoms with van der Waals surface area (Å²) in [7, 11) is 0. The molecule has 0 unspecified atom stereocenters. The number of carbonyl (C=O) groups is 2. The van der Waals surface area contributed by atoms with Crippen LogP contribution < -0.4 is 5.32 Å². The van der Waals surface area contributed by atoms with E-state index < -0.39 is 11.7 Å². The summed E-state index contributed by atoms with van der Waals surface area (Å²) < 4.78 is 39.1. The van der Waals surface area contributed by atoms with Crippen molar-refractivity contribution in [3.63, 3.8) is 0 Å². The molecule has 0 radical (unpaired) electrons. The van der Waals surface area contributed by atoms with Crippen LogP contribution in [0.1, 0.15) is 65.6 Å². The summed E-state index contributed by atoms with van der Waals surface area (Å²) in [6.45, 7) is 1.31. The van der Waals surface area contributed by atoms with Gasteiger partial charge in [0.1, 0.15) is 0 Å². The Labute approximate surface area is 237 Å². The highest BCUT2D eigenvalue weighted by atomic mass is 19.4. The number of rotatable bonds is 4. The van der Waals surface area contributed by atoms with Crippen LogP contribution in [0.4, 0.5) is 18.9 Å². The first-order chi connectivity index (χ1) is 19.7. The standard InChI is InChI=1S/C34H33F3N2O2/c35-34(36,37)27-8-5-24(6-9-27)29-3-1-2-4-30(29)31(40)38-28-10-7-26-20-39(12-11-25(26)16-28)32(41)33-17-21-13-22(18-33)15-23(14-21)19-33/h1-10,16,21-23H,11-15,17-20H2,(H,38,40). The van der Waals surface area contributed by atoms with Gasteiger partial charge in [0.05, 0.1) is 11.0 Å². The van der Waals surface area contributed by atoms with E-state index in [2.05, 4.69) is 10.2 Å². The topological polar surface area (TPSA) is 49.4 Å². The fourth-order valence-corrected chi connectivity index (χ4v) is 8.48. The first-order valence-electron chi connectivity index (χ1n) is 14.7. The van der Waals surface area contributed by atoms with Crippen molar-refractivity contribution in [1.82, 2.24) is 4.90 Å². The van der Waals surface area contributed by atoms with Gasteiger partial charge in [0.25, 0.3) is 5.91 Å². The molecule has 41 heavy (non-hydrogen) atoms. The van der Waals surface area contributed by atoms with Crippen molar-refractivity contribution in [3.05, 3.63) is 89.0 Å². The maximum atomic E-state index is 13.9. The average Bonchev–Trinajstić information content (AvgIpc) is 2.95. The quantitative estimate of drug-likeness (QED) is 0.356. The van der Waals surface area contributed by atoms with Crippen LogP contribution in [-0.4, -0.2) is 23.3 Å². The zero-order chi connectivity index (χ0) is 28.4. The van der Waals surface area contributed by atoms with E-state index in [1.165, 1.54) is 31.4 Å². The predicted molar refractivity (Wildman–Crippen MR) is 151 cm³/mol. The molecule has 4 nitrogen and oxygen atoms in total. The number of hydrogen-bond acceptors (Lipinski definition) is 2. The lowest BCUT2D eigenvalue weighted by Gasteiger charge is -2.56. The summed E-state index contributed by atoms with van der Waals surface area (Å²) in [6.07, 6.45) is 3.50. The lowest BCUT2D eigenvalue weighted by Crippen LogP contribution is -2.55. The van der Waals surface area contributed by atoms with Gasteiger partial charge >= 0.3 is 6.18 Å². The molecule has 212 valence electrons. The molecule has 0 atom stereocenters. The number of benzene rings is 3. The molecule has 5 aliphatic rings. The summed E-state index contributed by atoms with van der Waals surface area (Å²) in [5.74, 6) is 2.24. The van der Waals surface area contributed by atoms with Crippen LogP contribution in [-0.2, 0) is 23.9 Å². The van der Waals surface area contributed by atoms with Gasteiger partial charge in [-0.3, -0.25) is 9.59 Å². The van der Waals surface area contributed by atoms with Crippen LogP contribution >= 0.6 is 0 Å². The predicted octanol–water partition coefficient (Wildman–Crippen LogP) is 7.73. The number of carbonyl (C=O) groups excluding carboxylic acids is 2. The van der Waals surface area contributed by atoms with Crippen molar-refractivity contribution in [2.24, 2.45) is 23.2 Å². The van der Waals surface area contributed by atoms with Gasteiger partial charge in [-0.2, -0.15) is 13.2 Å². The van der Waals surface area contributed by atoms with E-state index in [0.29, 0.717) is 41.4 Å². The summed E-state index contributed by atoms with van der Waals surface area (Å²) in [5, 5.41) is 2.98. The number of halogens is 3. The number of amides is 2. The lowest BCUT2D eigenvalue weighted by molar-refractivity contribution is -0.158. The molecule has 4 fully saturated rings. The van der Waals surface area contributed by atoms with Crippen LogP contribution in [0.25, 0.3) is 11.1 Å².